The van der Waals surface area contributed by atoms with Crippen LogP contribution in [0.4, 0.5) is 13.2 Å². The number of benzene rings is 2. The summed E-state index contributed by atoms with van der Waals surface area (Å²) in [6, 6.07) is 9.66. The second-order valence-corrected chi connectivity index (χ2v) is 4.12. The number of carbonyl (C=O) groups is 1. The molecule has 0 spiro atoms. The van der Waals surface area contributed by atoms with Gasteiger partial charge in [0.05, 0.1) is 18.2 Å². The molecule has 0 N–H and O–H groups in total. The molecule has 0 bridgehead atoms. The van der Waals surface area contributed by atoms with Gasteiger partial charge in [-0.15, -0.1) is 0 Å². The molecular formula is C15H11F3O2. The maximum atomic E-state index is 12.7. The molecular weight excluding hydrogens is 269 g/mol. The van der Waals surface area contributed by atoms with Gasteiger partial charge in [0.25, 0.3) is 0 Å². The van der Waals surface area contributed by atoms with Crippen LogP contribution in [-0.4, -0.2) is 13.4 Å². The normalized spacial score (nSPS) is 11.2. The third-order valence-electron chi connectivity index (χ3n) is 2.88. The second-order valence-electron chi connectivity index (χ2n) is 4.12. The van der Waals surface area contributed by atoms with Crippen molar-refractivity contribution in [2.24, 2.45) is 0 Å². The first-order chi connectivity index (χ1) is 9.47. The van der Waals surface area contributed by atoms with Crippen LogP contribution in [0.3, 0.4) is 0 Å². The van der Waals surface area contributed by atoms with Gasteiger partial charge < -0.3 is 4.74 Å². The van der Waals surface area contributed by atoms with Gasteiger partial charge in [-0.1, -0.05) is 24.3 Å². The summed E-state index contributed by atoms with van der Waals surface area (Å²) in [5.41, 5.74) is 0.347. The molecule has 0 amide bonds. The van der Waals surface area contributed by atoms with E-state index in [2.05, 4.69) is 0 Å². The fourth-order valence-corrected chi connectivity index (χ4v) is 1.97. The maximum absolute atomic E-state index is 12.7. The number of aldehydes is 1. The highest BCUT2D eigenvalue weighted by Crippen LogP contribution is 2.36. The number of hydrogen-bond donors (Lipinski definition) is 0. The van der Waals surface area contributed by atoms with Crippen molar-refractivity contribution in [2.75, 3.05) is 7.11 Å². The van der Waals surface area contributed by atoms with Crippen LogP contribution in [-0.2, 0) is 6.18 Å². The number of para-hydroxylation sites is 1. The first-order valence-corrected chi connectivity index (χ1v) is 5.77. The molecule has 0 aliphatic rings. The van der Waals surface area contributed by atoms with E-state index in [4.69, 9.17) is 4.74 Å². The Hall–Kier alpha value is -2.30. The zero-order chi connectivity index (χ0) is 14.8. The Bertz CT molecular complexity index is 633. The Morgan fingerprint density at radius 1 is 1.10 bits per heavy atom. The molecule has 2 rings (SSSR count). The first-order valence-electron chi connectivity index (χ1n) is 5.77. The minimum Gasteiger partial charge on any atom is -0.495 e. The summed E-state index contributed by atoms with van der Waals surface area (Å²) >= 11 is 0. The zero-order valence-electron chi connectivity index (χ0n) is 10.6. The van der Waals surface area contributed by atoms with Crippen LogP contribution in [0.5, 0.6) is 5.75 Å². The largest absolute Gasteiger partial charge is 0.495 e. The number of alkyl halides is 3. The lowest BCUT2D eigenvalue weighted by molar-refractivity contribution is -0.137. The van der Waals surface area contributed by atoms with E-state index in [1.54, 1.807) is 24.3 Å². The predicted octanol–water partition coefficient (Wildman–Crippen LogP) is 4.19. The molecule has 0 unspecified atom stereocenters. The molecule has 0 atom stereocenters. The molecule has 0 heterocycles. The summed E-state index contributed by atoms with van der Waals surface area (Å²) in [5.74, 6) is 0.266. The Morgan fingerprint density at radius 2 is 1.80 bits per heavy atom. The van der Waals surface area contributed by atoms with Gasteiger partial charge in [0, 0.05) is 5.56 Å². The molecule has 2 aromatic carbocycles. The van der Waals surface area contributed by atoms with E-state index in [0.29, 0.717) is 23.0 Å². The van der Waals surface area contributed by atoms with E-state index in [-0.39, 0.29) is 5.75 Å². The lowest BCUT2D eigenvalue weighted by atomic mass is 9.99. The van der Waals surface area contributed by atoms with Crippen molar-refractivity contribution < 1.29 is 22.7 Å². The number of hydrogen-bond acceptors (Lipinski definition) is 2. The topological polar surface area (TPSA) is 26.3 Å². The highest BCUT2D eigenvalue weighted by molar-refractivity contribution is 5.86. The smallest absolute Gasteiger partial charge is 0.416 e. The molecule has 0 fully saturated rings. The van der Waals surface area contributed by atoms with Crippen molar-refractivity contribution in [2.45, 2.75) is 6.18 Å². The first kappa shape index (κ1) is 14.1. The Labute approximate surface area is 113 Å². The summed E-state index contributed by atoms with van der Waals surface area (Å²) in [6.45, 7) is 0. The van der Waals surface area contributed by atoms with Crippen LogP contribution < -0.4 is 4.74 Å². The van der Waals surface area contributed by atoms with Gasteiger partial charge in [-0.05, 0) is 23.8 Å². The minimum atomic E-state index is -4.41. The van der Waals surface area contributed by atoms with Crippen LogP contribution in [0, 0.1) is 0 Å². The quantitative estimate of drug-likeness (QED) is 0.788. The average molecular weight is 280 g/mol. The number of halogens is 3. The van der Waals surface area contributed by atoms with Crippen LogP contribution in [0.2, 0.25) is 0 Å². The minimum absolute atomic E-state index is 0.266. The fraction of sp³-hybridized carbons (Fsp3) is 0.133. The van der Waals surface area contributed by atoms with Crippen LogP contribution in [0.15, 0.2) is 42.5 Å². The van der Waals surface area contributed by atoms with Crippen molar-refractivity contribution >= 4 is 6.29 Å². The SMILES string of the molecule is COc1c(C=O)cccc1-c1cccc(C(F)(F)F)c1. The van der Waals surface area contributed by atoms with Gasteiger partial charge in [-0.25, -0.2) is 0 Å². The van der Waals surface area contributed by atoms with E-state index in [1.165, 1.54) is 13.2 Å². The predicted molar refractivity (Wildman–Crippen MR) is 68.8 cm³/mol. The second kappa shape index (κ2) is 5.36. The Morgan fingerprint density at radius 3 is 2.40 bits per heavy atom. The molecule has 104 valence electrons. The van der Waals surface area contributed by atoms with E-state index < -0.39 is 11.7 Å². The van der Waals surface area contributed by atoms with Gasteiger partial charge in [-0.3, -0.25) is 4.79 Å². The molecule has 2 nitrogen and oxygen atoms in total. The van der Waals surface area contributed by atoms with E-state index in [0.717, 1.165) is 12.1 Å². The molecule has 0 aliphatic carbocycles. The van der Waals surface area contributed by atoms with E-state index >= 15 is 0 Å². The monoisotopic (exact) mass is 280 g/mol. The number of carbonyl (C=O) groups excluding carboxylic acids is 1. The van der Waals surface area contributed by atoms with Gasteiger partial charge in [0.15, 0.2) is 6.29 Å². The number of rotatable bonds is 3. The molecule has 20 heavy (non-hydrogen) atoms. The van der Waals surface area contributed by atoms with Crippen LogP contribution in [0.25, 0.3) is 11.1 Å². The van der Waals surface area contributed by atoms with Gasteiger partial charge >= 0.3 is 6.18 Å². The standard InChI is InChI=1S/C15H11F3O2/c1-20-14-11(9-19)5-3-7-13(14)10-4-2-6-12(8-10)15(16,17)18/h2-9H,1H3. The molecule has 0 aliphatic heterocycles. The number of methoxy groups -OCH3 is 1. The summed E-state index contributed by atoms with van der Waals surface area (Å²) in [6.07, 6.45) is -3.80. The van der Waals surface area contributed by atoms with E-state index in [1.807, 2.05) is 0 Å². The van der Waals surface area contributed by atoms with E-state index in [9.17, 15) is 18.0 Å². The highest BCUT2D eigenvalue weighted by Gasteiger charge is 2.30. The molecule has 2 aromatic rings. The lowest BCUT2D eigenvalue weighted by Gasteiger charge is -2.13. The summed E-state index contributed by atoms with van der Waals surface area (Å²) in [4.78, 5) is 10.9. The molecule has 0 radical (unpaired) electrons. The van der Waals surface area contributed by atoms with Crippen molar-refractivity contribution in [1.29, 1.82) is 0 Å². The van der Waals surface area contributed by atoms with Crippen LogP contribution in [0.1, 0.15) is 15.9 Å². The summed E-state index contributed by atoms with van der Waals surface area (Å²) < 4.78 is 43.3. The molecule has 0 saturated carbocycles. The third-order valence-corrected chi connectivity index (χ3v) is 2.88. The van der Waals surface area contributed by atoms with Crippen molar-refractivity contribution in [3.05, 3.63) is 53.6 Å². The zero-order valence-corrected chi connectivity index (χ0v) is 10.6. The molecule has 0 saturated heterocycles. The van der Waals surface area contributed by atoms with Crippen molar-refractivity contribution in [3.8, 4) is 16.9 Å². The highest BCUT2D eigenvalue weighted by atomic mass is 19.4. The number of ether oxygens (including phenoxy) is 1. The summed E-state index contributed by atoms with van der Waals surface area (Å²) in [5, 5.41) is 0. The van der Waals surface area contributed by atoms with Gasteiger partial charge in [0.2, 0.25) is 0 Å². The fourth-order valence-electron chi connectivity index (χ4n) is 1.97. The average Bonchev–Trinajstić information content (AvgIpc) is 2.45. The Balaban J connectivity index is 2.60. The maximum Gasteiger partial charge on any atom is 0.416 e. The molecule has 0 aromatic heterocycles. The summed E-state index contributed by atoms with van der Waals surface area (Å²) in [7, 11) is 1.37. The van der Waals surface area contributed by atoms with Gasteiger partial charge in [0.1, 0.15) is 5.75 Å². The lowest BCUT2D eigenvalue weighted by Crippen LogP contribution is -2.04. The van der Waals surface area contributed by atoms with Crippen LogP contribution >= 0.6 is 0 Å². The third kappa shape index (κ3) is 2.66. The Kier molecular flexibility index (Phi) is 3.79. The van der Waals surface area contributed by atoms with Crippen molar-refractivity contribution in [3.63, 3.8) is 0 Å². The van der Waals surface area contributed by atoms with Gasteiger partial charge in [-0.2, -0.15) is 13.2 Å². The molecule has 5 heteroatoms. The van der Waals surface area contributed by atoms with Crippen molar-refractivity contribution in [1.82, 2.24) is 0 Å².